The van der Waals surface area contributed by atoms with E-state index in [1.165, 1.54) is 0 Å². The van der Waals surface area contributed by atoms with Crippen LogP contribution in [0.5, 0.6) is 5.75 Å². The summed E-state index contributed by atoms with van der Waals surface area (Å²) in [5, 5.41) is 0. The molecule has 1 aromatic rings. The average molecular weight is 309 g/mol. The Labute approximate surface area is 131 Å². The number of ether oxygens (including phenoxy) is 3. The molecule has 0 saturated heterocycles. The highest BCUT2D eigenvalue weighted by Crippen LogP contribution is 2.29. The molecule has 0 bridgehead atoms. The van der Waals surface area contributed by atoms with Crippen LogP contribution in [0.4, 0.5) is 5.69 Å². The molecule has 0 heterocycles. The van der Waals surface area contributed by atoms with E-state index in [2.05, 4.69) is 0 Å². The highest BCUT2D eigenvalue weighted by atomic mass is 16.5. The summed E-state index contributed by atoms with van der Waals surface area (Å²) in [5.41, 5.74) is 1.65. The smallest absolute Gasteiger partial charge is 0.325 e. The molecule has 122 valence electrons. The molecule has 22 heavy (non-hydrogen) atoms. The number of carbonyl (C=O) groups is 2. The number of aryl methyl sites for hydroxylation is 1. The van der Waals surface area contributed by atoms with E-state index < -0.39 is 11.9 Å². The fourth-order valence-electron chi connectivity index (χ4n) is 2.00. The summed E-state index contributed by atoms with van der Waals surface area (Å²) in [6, 6.07) is 5.56. The van der Waals surface area contributed by atoms with Crippen molar-refractivity contribution < 1.29 is 23.8 Å². The highest BCUT2D eigenvalue weighted by Gasteiger charge is 2.20. The molecule has 0 aliphatic carbocycles. The summed E-state index contributed by atoms with van der Waals surface area (Å²) < 4.78 is 15.2. The molecule has 0 atom stereocenters. The minimum absolute atomic E-state index is 0.0491. The quantitative estimate of drug-likeness (QED) is 0.684. The van der Waals surface area contributed by atoms with Crippen molar-refractivity contribution in [1.82, 2.24) is 0 Å². The van der Waals surface area contributed by atoms with E-state index in [1.54, 1.807) is 31.9 Å². The maximum Gasteiger partial charge on any atom is 0.325 e. The molecular weight excluding hydrogens is 286 g/mol. The molecule has 0 aromatic heterocycles. The Balaban J connectivity index is 3.04. The molecule has 6 nitrogen and oxygen atoms in total. The van der Waals surface area contributed by atoms with Crippen LogP contribution in [-0.4, -0.2) is 45.4 Å². The molecule has 0 N–H and O–H groups in total. The van der Waals surface area contributed by atoms with Crippen molar-refractivity contribution in [2.75, 3.05) is 38.3 Å². The third kappa shape index (κ3) is 5.27. The van der Waals surface area contributed by atoms with Crippen molar-refractivity contribution in [2.45, 2.75) is 20.8 Å². The lowest BCUT2D eigenvalue weighted by molar-refractivity contribution is -0.142. The molecule has 0 saturated carbocycles. The summed E-state index contributed by atoms with van der Waals surface area (Å²) >= 11 is 0. The summed E-state index contributed by atoms with van der Waals surface area (Å²) in [7, 11) is 1.54. The van der Waals surface area contributed by atoms with Gasteiger partial charge in [-0.15, -0.1) is 0 Å². The van der Waals surface area contributed by atoms with Gasteiger partial charge < -0.3 is 19.1 Å². The lowest BCUT2D eigenvalue weighted by atomic mass is 10.2. The summed E-state index contributed by atoms with van der Waals surface area (Å²) in [6.07, 6.45) is 0. The topological polar surface area (TPSA) is 65.1 Å². The van der Waals surface area contributed by atoms with E-state index in [-0.39, 0.29) is 26.3 Å². The molecule has 0 fully saturated rings. The molecular formula is C16H23NO5. The van der Waals surface area contributed by atoms with Crippen molar-refractivity contribution in [3.8, 4) is 5.75 Å². The standard InChI is InChI=1S/C16H23NO5/c1-5-21-15(18)10-17(11-16(19)22-6-2)13-9-12(3)7-8-14(13)20-4/h7-9H,5-6,10-11H2,1-4H3. The Kier molecular flexibility index (Phi) is 7.22. The van der Waals surface area contributed by atoms with Gasteiger partial charge in [-0.05, 0) is 38.5 Å². The molecule has 1 aromatic carbocycles. The Hall–Kier alpha value is -2.24. The van der Waals surface area contributed by atoms with Crippen LogP contribution in [0, 0.1) is 6.92 Å². The lowest BCUT2D eigenvalue weighted by Gasteiger charge is -2.25. The number of anilines is 1. The third-order valence-corrected chi connectivity index (χ3v) is 2.93. The number of nitrogens with zero attached hydrogens (tertiary/aromatic N) is 1. The van der Waals surface area contributed by atoms with Crippen molar-refractivity contribution in [2.24, 2.45) is 0 Å². The maximum atomic E-state index is 11.8. The van der Waals surface area contributed by atoms with Crippen LogP contribution in [-0.2, 0) is 19.1 Å². The van der Waals surface area contributed by atoms with Gasteiger partial charge in [-0.25, -0.2) is 0 Å². The second-order valence-electron chi connectivity index (χ2n) is 4.64. The van der Waals surface area contributed by atoms with Gasteiger partial charge in [0.05, 0.1) is 26.0 Å². The number of esters is 2. The summed E-state index contributed by atoms with van der Waals surface area (Å²) in [5.74, 6) is -0.232. The van der Waals surface area contributed by atoms with E-state index in [0.717, 1.165) is 5.56 Å². The van der Waals surface area contributed by atoms with Crippen LogP contribution in [0.25, 0.3) is 0 Å². The molecule has 1 rings (SSSR count). The number of methoxy groups -OCH3 is 1. The molecule has 6 heteroatoms. The van der Waals surface area contributed by atoms with Crippen molar-refractivity contribution in [1.29, 1.82) is 0 Å². The van der Waals surface area contributed by atoms with Crippen LogP contribution >= 0.6 is 0 Å². The van der Waals surface area contributed by atoms with Crippen LogP contribution in [0.2, 0.25) is 0 Å². The SMILES string of the molecule is CCOC(=O)CN(CC(=O)OCC)c1cc(C)ccc1OC. The number of benzene rings is 1. The minimum Gasteiger partial charge on any atom is -0.495 e. The van der Waals surface area contributed by atoms with Crippen molar-refractivity contribution >= 4 is 17.6 Å². The van der Waals surface area contributed by atoms with Crippen LogP contribution in [0.1, 0.15) is 19.4 Å². The van der Waals surface area contributed by atoms with Gasteiger partial charge in [0.2, 0.25) is 0 Å². The molecule has 0 aliphatic heterocycles. The minimum atomic E-state index is -0.407. The molecule has 0 unspecified atom stereocenters. The molecule has 0 spiro atoms. The van der Waals surface area contributed by atoms with Crippen molar-refractivity contribution in [3.05, 3.63) is 23.8 Å². The fraction of sp³-hybridized carbons (Fsp3) is 0.500. The maximum absolute atomic E-state index is 11.8. The lowest BCUT2D eigenvalue weighted by Crippen LogP contribution is -2.36. The van der Waals surface area contributed by atoms with Gasteiger partial charge in [0.25, 0.3) is 0 Å². The van der Waals surface area contributed by atoms with E-state index in [9.17, 15) is 9.59 Å². The van der Waals surface area contributed by atoms with E-state index in [0.29, 0.717) is 11.4 Å². The third-order valence-electron chi connectivity index (χ3n) is 2.93. The Morgan fingerprint density at radius 1 is 1.05 bits per heavy atom. The van der Waals surface area contributed by atoms with E-state index in [4.69, 9.17) is 14.2 Å². The number of carbonyl (C=O) groups excluding carboxylic acids is 2. The second-order valence-corrected chi connectivity index (χ2v) is 4.64. The average Bonchev–Trinajstić information content (AvgIpc) is 2.47. The highest BCUT2D eigenvalue weighted by molar-refractivity contribution is 5.82. The van der Waals surface area contributed by atoms with Gasteiger partial charge in [-0.1, -0.05) is 6.07 Å². The first kappa shape index (κ1) is 17.8. The largest absolute Gasteiger partial charge is 0.495 e. The monoisotopic (exact) mass is 309 g/mol. The fourth-order valence-corrected chi connectivity index (χ4v) is 2.00. The summed E-state index contributed by atoms with van der Waals surface area (Å²) in [4.78, 5) is 25.2. The molecule has 0 radical (unpaired) electrons. The van der Waals surface area contributed by atoms with Gasteiger partial charge in [-0.3, -0.25) is 9.59 Å². The summed E-state index contributed by atoms with van der Waals surface area (Å²) in [6.45, 7) is 5.88. The molecule has 0 aliphatic rings. The normalized spacial score (nSPS) is 10.0. The van der Waals surface area contributed by atoms with Gasteiger partial charge in [-0.2, -0.15) is 0 Å². The first-order valence-electron chi connectivity index (χ1n) is 7.22. The van der Waals surface area contributed by atoms with Gasteiger partial charge in [0, 0.05) is 0 Å². The number of rotatable bonds is 8. The first-order valence-corrected chi connectivity index (χ1v) is 7.22. The number of hydrogen-bond donors (Lipinski definition) is 0. The second kappa shape index (κ2) is 8.92. The van der Waals surface area contributed by atoms with Gasteiger partial charge in [0.1, 0.15) is 18.8 Å². The van der Waals surface area contributed by atoms with Crippen molar-refractivity contribution in [3.63, 3.8) is 0 Å². The Bertz CT molecular complexity index is 495. The van der Waals surface area contributed by atoms with Crippen LogP contribution in [0.3, 0.4) is 0 Å². The van der Waals surface area contributed by atoms with Crippen LogP contribution < -0.4 is 9.64 Å². The zero-order valence-corrected chi connectivity index (χ0v) is 13.5. The zero-order valence-electron chi connectivity index (χ0n) is 13.5. The first-order chi connectivity index (χ1) is 10.5. The Morgan fingerprint density at radius 2 is 1.59 bits per heavy atom. The van der Waals surface area contributed by atoms with Gasteiger partial charge in [0.15, 0.2) is 0 Å². The predicted molar refractivity (Wildman–Crippen MR) is 83.2 cm³/mol. The van der Waals surface area contributed by atoms with E-state index in [1.807, 2.05) is 19.1 Å². The zero-order chi connectivity index (χ0) is 16.5. The molecule has 0 amide bonds. The van der Waals surface area contributed by atoms with E-state index >= 15 is 0 Å². The van der Waals surface area contributed by atoms with Crippen LogP contribution in [0.15, 0.2) is 18.2 Å². The van der Waals surface area contributed by atoms with Gasteiger partial charge >= 0.3 is 11.9 Å². The predicted octanol–water partition coefficient (Wildman–Crippen LogP) is 1.94. The number of hydrogen-bond acceptors (Lipinski definition) is 6. The Morgan fingerprint density at radius 3 is 2.05 bits per heavy atom.